The molecule has 4 heteroatoms. The van der Waals surface area contributed by atoms with Crippen molar-refractivity contribution in [3.8, 4) is 17.2 Å². The van der Waals surface area contributed by atoms with E-state index in [0.717, 1.165) is 11.4 Å². The van der Waals surface area contributed by atoms with Gasteiger partial charge in [-0.25, -0.2) is 0 Å². The minimum Gasteiger partial charge on any atom is -0.455 e. The highest BCUT2D eigenvalue weighted by molar-refractivity contribution is 5.72. The van der Waals surface area contributed by atoms with E-state index in [1.807, 2.05) is 49.3 Å². The molecule has 2 aromatic carbocycles. The third-order valence-electron chi connectivity index (χ3n) is 2.90. The molecule has 0 aliphatic carbocycles. The number of rotatable bonds is 5. The Kier molecular flexibility index (Phi) is 4.82. The molecule has 0 unspecified atom stereocenters. The molecule has 0 bridgehead atoms. The second-order valence-corrected chi connectivity index (χ2v) is 4.77. The first-order valence-corrected chi connectivity index (χ1v) is 6.85. The fourth-order valence-electron chi connectivity index (χ4n) is 1.84. The van der Waals surface area contributed by atoms with Crippen molar-refractivity contribution in [1.82, 2.24) is 0 Å². The molecule has 110 valence electrons. The number of carbonyl (C=O) groups is 1. The molecule has 0 amide bonds. The van der Waals surface area contributed by atoms with Gasteiger partial charge in [-0.1, -0.05) is 25.1 Å². The van der Waals surface area contributed by atoms with Gasteiger partial charge in [0, 0.05) is 26.6 Å². The quantitative estimate of drug-likeness (QED) is 0.617. The fourth-order valence-corrected chi connectivity index (χ4v) is 1.84. The van der Waals surface area contributed by atoms with Gasteiger partial charge in [0.05, 0.1) is 5.69 Å². The Balaban J connectivity index is 2.20. The second-order valence-electron chi connectivity index (χ2n) is 4.77. The molecule has 2 aromatic rings. The van der Waals surface area contributed by atoms with E-state index < -0.39 is 0 Å². The summed E-state index contributed by atoms with van der Waals surface area (Å²) >= 11 is 0. The molecule has 0 aliphatic rings. The molecular formula is C17H19NO3. The highest BCUT2D eigenvalue weighted by Gasteiger charge is 2.08. The van der Waals surface area contributed by atoms with Gasteiger partial charge < -0.3 is 14.4 Å². The standard InChI is InChI=1S/C17H19NO3/c1-4-17(19)21-14-9-7-8-13(12-14)20-16-11-6-5-10-15(16)18(2)3/h5-12H,4H2,1-3H3. The van der Waals surface area contributed by atoms with Crippen LogP contribution in [0, 0.1) is 0 Å². The molecule has 0 radical (unpaired) electrons. The van der Waals surface area contributed by atoms with Crippen LogP contribution in [0.1, 0.15) is 13.3 Å². The van der Waals surface area contributed by atoms with E-state index in [0.29, 0.717) is 17.9 Å². The second kappa shape index (κ2) is 6.79. The van der Waals surface area contributed by atoms with Crippen molar-refractivity contribution >= 4 is 11.7 Å². The van der Waals surface area contributed by atoms with Crippen LogP contribution in [-0.2, 0) is 4.79 Å². The zero-order valence-electron chi connectivity index (χ0n) is 12.5. The summed E-state index contributed by atoms with van der Waals surface area (Å²) in [6, 6.07) is 14.8. The average Bonchev–Trinajstić information content (AvgIpc) is 2.48. The molecule has 0 spiro atoms. The van der Waals surface area contributed by atoms with Gasteiger partial charge in [0.25, 0.3) is 0 Å². The fraction of sp³-hybridized carbons (Fsp3) is 0.235. The van der Waals surface area contributed by atoms with Crippen LogP contribution >= 0.6 is 0 Å². The Morgan fingerprint density at radius 1 is 1.05 bits per heavy atom. The molecule has 0 aliphatic heterocycles. The molecule has 0 fully saturated rings. The number of nitrogens with zero attached hydrogens (tertiary/aromatic N) is 1. The first-order valence-electron chi connectivity index (χ1n) is 6.85. The van der Waals surface area contributed by atoms with Crippen LogP contribution in [-0.4, -0.2) is 20.1 Å². The van der Waals surface area contributed by atoms with Crippen molar-refractivity contribution in [2.75, 3.05) is 19.0 Å². The maximum absolute atomic E-state index is 11.3. The molecule has 0 atom stereocenters. The van der Waals surface area contributed by atoms with Crippen molar-refractivity contribution in [3.05, 3.63) is 48.5 Å². The van der Waals surface area contributed by atoms with E-state index in [1.54, 1.807) is 25.1 Å². The Morgan fingerprint density at radius 2 is 1.76 bits per heavy atom. The molecule has 2 rings (SSSR count). The summed E-state index contributed by atoms with van der Waals surface area (Å²) in [5.74, 6) is 1.61. The van der Waals surface area contributed by atoms with Crippen molar-refractivity contribution in [2.24, 2.45) is 0 Å². The minimum atomic E-state index is -0.263. The molecule has 0 saturated heterocycles. The van der Waals surface area contributed by atoms with E-state index >= 15 is 0 Å². The van der Waals surface area contributed by atoms with Crippen LogP contribution < -0.4 is 14.4 Å². The van der Waals surface area contributed by atoms with Gasteiger partial charge in [0.1, 0.15) is 11.5 Å². The lowest BCUT2D eigenvalue weighted by Gasteiger charge is -2.17. The first-order chi connectivity index (χ1) is 10.1. The van der Waals surface area contributed by atoms with Crippen molar-refractivity contribution in [1.29, 1.82) is 0 Å². The number of esters is 1. The van der Waals surface area contributed by atoms with Crippen LogP contribution in [0.5, 0.6) is 17.2 Å². The van der Waals surface area contributed by atoms with Crippen molar-refractivity contribution in [2.45, 2.75) is 13.3 Å². The Bertz CT molecular complexity index is 623. The van der Waals surface area contributed by atoms with Crippen molar-refractivity contribution in [3.63, 3.8) is 0 Å². The van der Waals surface area contributed by atoms with E-state index in [-0.39, 0.29) is 5.97 Å². The smallest absolute Gasteiger partial charge is 0.310 e. The van der Waals surface area contributed by atoms with E-state index in [9.17, 15) is 4.79 Å². The maximum Gasteiger partial charge on any atom is 0.310 e. The molecule has 21 heavy (non-hydrogen) atoms. The number of hydrogen-bond donors (Lipinski definition) is 0. The monoisotopic (exact) mass is 285 g/mol. The third-order valence-corrected chi connectivity index (χ3v) is 2.90. The first kappa shape index (κ1) is 14.9. The zero-order chi connectivity index (χ0) is 15.2. The van der Waals surface area contributed by atoms with Crippen LogP contribution in [0.15, 0.2) is 48.5 Å². The number of anilines is 1. The Morgan fingerprint density at radius 3 is 2.48 bits per heavy atom. The lowest BCUT2D eigenvalue weighted by atomic mass is 10.2. The molecule has 0 N–H and O–H groups in total. The summed E-state index contributed by atoms with van der Waals surface area (Å²) in [4.78, 5) is 13.3. The SMILES string of the molecule is CCC(=O)Oc1cccc(Oc2ccccc2N(C)C)c1. The summed E-state index contributed by atoms with van der Waals surface area (Å²) in [6.45, 7) is 1.76. The summed E-state index contributed by atoms with van der Waals surface area (Å²) in [7, 11) is 3.92. The largest absolute Gasteiger partial charge is 0.455 e. The normalized spacial score (nSPS) is 10.0. The number of hydrogen-bond acceptors (Lipinski definition) is 4. The zero-order valence-corrected chi connectivity index (χ0v) is 12.5. The van der Waals surface area contributed by atoms with Crippen LogP contribution in [0.4, 0.5) is 5.69 Å². The topological polar surface area (TPSA) is 38.8 Å². The summed E-state index contributed by atoms with van der Waals surface area (Å²) in [5, 5.41) is 0. The summed E-state index contributed by atoms with van der Waals surface area (Å²) in [5.41, 5.74) is 0.980. The van der Waals surface area contributed by atoms with Gasteiger partial charge in [0.15, 0.2) is 5.75 Å². The predicted octanol–water partition coefficient (Wildman–Crippen LogP) is 3.86. The van der Waals surface area contributed by atoms with Gasteiger partial charge in [-0.05, 0) is 24.3 Å². The van der Waals surface area contributed by atoms with Gasteiger partial charge >= 0.3 is 5.97 Å². The predicted molar refractivity (Wildman–Crippen MR) is 83.2 cm³/mol. The number of ether oxygens (including phenoxy) is 2. The van der Waals surface area contributed by atoms with E-state index in [2.05, 4.69) is 0 Å². The van der Waals surface area contributed by atoms with Crippen LogP contribution in [0.3, 0.4) is 0 Å². The Labute approximate surface area is 124 Å². The van der Waals surface area contributed by atoms with Gasteiger partial charge in [-0.3, -0.25) is 4.79 Å². The number of carbonyl (C=O) groups excluding carboxylic acids is 1. The lowest BCUT2D eigenvalue weighted by molar-refractivity contribution is -0.134. The van der Waals surface area contributed by atoms with Gasteiger partial charge in [-0.2, -0.15) is 0 Å². The van der Waals surface area contributed by atoms with Gasteiger partial charge in [0.2, 0.25) is 0 Å². The lowest BCUT2D eigenvalue weighted by Crippen LogP contribution is -2.09. The van der Waals surface area contributed by atoms with E-state index in [1.165, 1.54) is 0 Å². The van der Waals surface area contributed by atoms with Crippen LogP contribution in [0.25, 0.3) is 0 Å². The third kappa shape index (κ3) is 3.99. The maximum atomic E-state index is 11.3. The van der Waals surface area contributed by atoms with Crippen molar-refractivity contribution < 1.29 is 14.3 Å². The molecule has 0 aromatic heterocycles. The minimum absolute atomic E-state index is 0.263. The average molecular weight is 285 g/mol. The summed E-state index contributed by atoms with van der Waals surface area (Å²) in [6.07, 6.45) is 0.342. The highest BCUT2D eigenvalue weighted by Crippen LogP contribution is 2.32. The Hall–Kier alpha value is -2.49. The van der Waals surface area contributed by atoms with Gasteiger partial charge in [-0.15, -0.1) is 0 Å². The van der Waals surface area contributed by atoms with Crippen LogP contribution in [0.2, 0.25) is 0 Å². The molecule has 0 heterocycles. The molecule has 4 nitrogen and oxygen atoms in total. The highest BCUT2D eigenvalue weighted by atomic mass is 16.5. The number of para-hydroxylation sites is 2. The number of benzene rings is 2. The molecular weight excluding hydrogens is 266 g/mol. The molecule has 0 saturated carbocycles. The summed E-state index contributed by atoms with van der Waals surface area (Å²) < 4.78 is 11.1. The van der Waals surface area contributed by atoms with E-state index in [4.69, 9.17) is 9.47 Å².